The highest BCUT2D eigenvalue weighted by molar-refractivity contribution is 6.01. The Labute approximate surface area is 657 Å². The third-order valence-corrected chi connectivity index (χ3v) is 16.8. The zero-order valence-corrected chi connectivity index (χ0v) is 65.9. The van der Waals surface area contributed by atoms with Gasteiger partial charge in [-0.1, -0.05) is 61.8 Å². The number of hydrogen-bond acceptors (Lipinski definition) is 25. The average molecular weight is 1630 g/mol. The average Bonchev–Trinajstić information content (AvgIpc) is 0.850. The first-order valence-corrected chi connectivity index (χ1v) is 36.9. The first kappa shape index (κ1) is 103. The first-order chi connectivity index (χ1) is 53.2. The third-order valence-electron chi connectivity index (χ3n) is 16.8. The Hall–Kier alpha value is -11.3. The largest absolute Gasteiger partial charge is 0.481 e. The fourth-order valence-electron chi connectivity index (χ4n) is 10.1. The van der Waals surface area contributed by atoms with Gasteiger partial charge in [0.2, 0.25) is 112 Å². The summed E-state index contributed by atoms with van der Waals surface area (Å²) >= 11 is 0. The Morgan fingerprint density at radius 1 is 0.342 bits per heavy atom. The van der Waals surface area contributed by atoms with Gasteiger partial charge in [0.05, 0.1) is 58.0 Å². The van der Waals surface area contributed by atoms with Gasteiger partial charge >= 0.3 is 11.9 Å². The van der Waals surface area contributed by atoms with Crippen LogP contribution in [0, 0.1) is 23.7 Å². The number of primary amides is 2. The monoisotopic (exact) mass is 1630 g/mol. The predicted molar refractivity (Wildman–Crippen MR) is 400 cm³/mol. The number of carboxylic acids is 2. The molecule has 0 radical (unpaired) electrons. The van der Waals surface area contributed by atoms with Crippen LogP contribution in [0.2, 0.25) is 0 Å². The molecule has 14 atom stereocenters. The van der Waals surface area contributed by atoms with E-state index in [0.717, 1.165) is 6.92 Å². The van der Waals surface area contributed by atoms with Crippen molar-refractivity contribution in [3.05, 3.63) is 0 Å². The van der Waals surface area contributed by atoms with Crippen molar-refractivity contribution < 1.29 is 121 Å². The number of aliphatic hydroxyl groups is 2. The van der Waals surface area contributed by atoms with Gasteiger partial charge in [0.1, 0.15) is 66.5 Å². The van der Waals surface area contributed by atoms with E-state index in [2.05, 4.69) is 90.4 Å². The Bertz CT molecular complexity index is 3360. The summed E-state index contributed by atoms with van der Waals surface area (Å²) in [7, 11) is 0. The molecule has 29 N–H and O–H groups in total. The molecule has 0 aliphatic carbocycles. The number of unbranched alkanes of at least 4 members (excludes halogenated alkanes) is 1. The second-order valence-corrected chi connectivity index (χ2v) is 28.0. The van der Waals surface area contributed by atoms with Gasteiger partial charge < -0.3 is 134 Å². The number of amides is 19. The fraction of sp³-hybridized carbons (Fsp3) is 0.691. The smallest absolute Gasteiger partial charge is 0.303 e. The van der Waals surface area contributed by atoms with E-state index in [4.69, 9.17) is 22.9 Å². The van der Waals surface area contributed by atoms with Gasteiger partial charge in [-0.15, -0.1) is 0 Å². The van der Waals surface area contributed by atoms with Crippen molar-refractivity contribution in [3.63, 3.8) is 0 Å². The molecule has 0 aliphatic rings. The molecule has 0 saturated heterocycles. The van der Waals surface area contributed by atoms with Crippen LogP contribution in [-0.4, -0.2) is 276 Å². The van der Waals surface area contributed by atoms with Gasteiger partial charge in [-0.05, 0) is 95.9 Å². The number of rotatable bonds is 56. The molecule has 0 aromatic carbocycles. The van der Waals surface area contributed by atoms with Crippen molar-refractivity contribution in [1.29, 1.82) is 0 Å². The number of aliphatic hydroxyl groups excluding tert-OH is 2. The van der Waals surface area contributed by atoms with Crippen LogP contribution in [0.5, 0.6) is 0 Å². The summed E-state index contributed by atoms with van der Waals surface area (Å²) in [6, 6.07) is -18.5. The summed E-state index contributed by atoms with van der Waals surface area (Å²) in [6.07, 6.45) is -4.87. The Morgan fingerprint density at radius 2 is 0.702 bits per heavy atom. The predicted octanol–water partition coefficient (Wildman–Crippen LogP) is -11.2. The van der Waals surface area contributed by atoms with Crippen molar-refractivity contribution >= 4 is 124 Å². The maximum absolute atomic E-state index is 14.0. The van der Waals surface area contributed by atoms with Crippen LogP contribution in [0.4, 0.5) is 0 Å². The number of aliphatic carboxylic acids is 2. The highest BCUT2D eigenvalue weighted by atomic mass is 16.4. The SMILES string of the molecule is CC[C@H](C)[C@H](NC(=O)[C@H](CC(C)C)NC(=O)CNC(=O)[C@@H](NC(=O)[C@H](CO)NC(=O)[C@@H](NC(=O)[C@@H](NC(=O)CNC(=O)[C@H](C)NC(=O)[C@H](CCCCN)NC(=O)[C@H](CCC(=O)O)NC(=O)[C@H](CCC(=O)O)NC(=O)[C@H](CCC(N)=O)NC(=O)CNC(=O)[C@@H](C)N)C(C)C)C(C)C)[C@@H](C)O)C(=O)NCC(=O)NCC(=O)NCC(N)=O. The topological polar surface area (TPSA) is 748 Å². The molecule has 0 unspecified atom stereocenters. The van der Waals surface area contributed by atoms with Crippen molar-refractivity contribution in [2.45, 2.75) is 225 Å². The minimum absolute atomic E-state index is 0.0159. The van der Waals surface area contributed by atoms with E-state index in [1.54, 1.807) is 27.7 Å². The van der Waals surface area contributed by atoms with Gasteiger partial charge in [-0.3, -0.25) is 101 Å². The normalized spacial score (nSPS) is 14.7. The summed E-state index contributed by atoms with van der Waals surface area (Å²) in [5, 5.41) is 79.5. The molecule has 0 heterocycles. The van der Waals surface area contributed by atoms with E-state index >= 15 is 0 Å². The molecule has 46 nitrogen and oxygen atoms in total. The second-order valence-electron chi connectivity index (χ2n) is 28.0. The molecule has 114 heavy (non-hydrogen) atoms. The maximum atomic E-state index is 14.0. The first-order valence-electron chi connectivity index (χ1n) is 36.9. The van der Waals surface area contributed by atoms with Gasteiger partial charge in [0, 0.05) is 19.3 Å². The van der Waals surface area contributed by atoms with E-state index < -0.39 is 305 Å². The van der Waals surface area contributed by atoms with Gasteiger partial charge in [0.25, 0.3) is 0 Å². The molecular formula is C68H117N21O25. The number of nitrogens with one attached hydrogen (secondary N) is 17. The second kappa shape index (κ2) is 53.6. The van der Waals surface area contributed by atoms with Crippen LogP contribution >= 0.6 is 0 Å². The number of carboxylic acid groups (broad SMARTS) is 2. The molecule has 0 saturated carbocycles. The van der Waals surface area contributed by atoms with Gasteiger partial charge in [-0.25, -0.2) is 0 Å². The number of nitrogens with two attached hydrogens (primary N) is 4. The molecule has 46 heteroatoms. The van der Waals surface area contributed by atoms with E-state index in [0.29, 0.717) is 12.8 Å². The fourth-order valence-corrected chi connectivity index (χ4v) is 10.1. The molecule has 19 amide bonds. The molecule has 0 aromatic rings. The standard InChI is InChI=1S/C68H117N21O25/c1-12-34(8)55(65(111)77-26-47(95)74-25-46(94)73-24-45(72)93)88-63(109)42(23-31(2)3)81-49(97)28-78-66(112)56(37(11)91)89-64(110)43(30-90)85-67(113)54(33(6)7)87-68(114)53(32(4)5)86-50(98)29-76-58(104)36(10)79-59(105)38(15-13-14-22-69)82-61(107)40(17-20-51(99)100)84-62(108)41(18-21-52(101)102)83-60(106)39(16-19-44(71)92)80-48(96)27-75-57(103)35(9)70/h31-43,53-56,90-91H,12-30,69-70H2,1-11H3,(H2,71,92)(H2,72,93)(H,73,94)(H,74,95)(H,75,103)(H,76,104)(H,77,111)(H,78,112)(H,79,105)(H,80,96)(H,81,97)(H,82,107)(H,83,106)(H,84,108)(H,85,113)(H,86,98)(H,87,114)(H,88,109)(H,89,110)(H,99,100)(H,101,102)/t34-,35+,36-,37+,38-,39-,40-,41-,42-,43-,53-,54-,55-,56-/m0/s1. The van der Waals surface area contributed by atoms with Crippen molar-refractivity contribution in [2.75, 3.05) is 52.4 Å². The lowest BCUT2D eigenvalue weighted by atomic mass is 9.96. The van der Waals surface area contributed by atoms with Gasteiger partial charge in [0.15, 0.2) is 0 Å². The summed E-state index contributed by atoms with van der Waals surface area (Å²) in [5.41, 5.74) is 21.4. The van der Waals surface area contributed by atoms with Crippen LogP contribution < -0.4 is 113 Å². The van der Waals surface area contributed by atoms with Crippen LogP contribution in [0.15, 0.2) is 0 Å². The Morgan fingerprint density at radius 3 is 1.14 bits per heavy atom. The molecule has 0 aromatic heterocycles. The summed E-state index contributed by atoms with van der Waals surface area (Å²) in [6.45, 7) is 11.4. The Kier molecular flexibility index (Phi) is 48.3. The zero-order chi connectivity index (χ0) is 87.4. The van der Waals surface area contributed by atoms with Gasteiger partial charge in [-0.2, -0.15) is 0 Å². The minimum Gasteiger partial charge on any atom is -0.481 e. The van der Waals surface area contributed by atoms with E-state index in [1.807, 2.05) is 0 Å². The summed E-state index contributed by atoms with van der Waals surface area (Å²) in [4.78, 5) is 272. The highest BCUT2D eigenvalue weighted by Gasteiger charge is 2.38. The van der Waals surface area contributed by atoms with Crippen LogP contribution in [0.1, 0.15) is 147 Å². The highest BCUT2D eigenvalue weighted by Crippen LogP contribution is 2.14. The summed E-state index contributed by atoms with van der Waals surface area (Å²) < 4.78 is 0. The zero-order valence-electron chi connectivity index (χ0n) is 65.9. The van der Waals surface area contributed by atoms with Crippen molar-refractivity contribution in [2.24, 2.45) is 46.6 Å². The van der Waals surface area contributed by atoms with Crippen molar-refractivity contribution in [3.8, 4) is 0 Å². The molecule has 644 valence electrons. The molecule has 0 bridgehead atoms. The molecule has 0 fully saturated rings. The third kappa shape index (κ3) is 41.8. The number of carbonyl (C=O) groups is 21. The number of hydrogen-bond donors (Lipinski definition) is 25. The lowest BCUT2D eigenvalue weighted by Crippen LogP contribution is -2.62. The summed E-state index contributed by atoms with van der Waals surface area (Å²) in [5.74, 6) is -23.7. The van der Waals surface area contributed by atoms with Crippen LogP contribution in [0.3, 0.4) is 0 Å². The Balaban J connectivity index is 6.24. The lowest BCUT2D eigenvalue weighted by Gasteiger charge is -2.29. The minimum atomic E-state index is -1.86. The van der Waals surface area contributed by atoms with Crippen LogP contribution in [-0.2, 0) is 101 Å². The molecule has 0 rings (SSSR count). The van der Waals surface area contributed by atoms with Crippen molar-refractivity contribution in [1.82, 2.24) is 90.4 Å². The number of carbonyl (C=O) groups excluding carboxylic acids is 19. The maximum Gasteiger partial charge on any atom is 0.303 e. The van der Waals surface area contributed by atoms with E-state index in [9.17, 15) is 121 Å². The van der Waals surface area contributed by atoms with E-state index in [1.165, 1.54) is 41.5 Å². The van der Waals surface area contributed by atoms with E-state index in [-0.39, 0.29) is 31.7 Å². The molecule has 0 aliphatic heterocycles. The lowest BCUT2D eigenvalue weighted by molar-refractivity contribution is -0.140. The molecule has 0 spiro atoms. The van der Waals surface area contributed by atoms with Crippen LogP contribution in [0.25, 0.3) is 0 Å². The molecular weight excluding hydrogens is 1510 g/mol. The quantitative estimate of drug-likeness (QED) is 0.0251.